The van der Waals surface area contributed by atoms with Crippen LogP contribution in [-0.2, 0) is 11.2 Å². The summed E-state index contributed by atoms with van der Waals surface area (Å²) in [7, 11) is 0. The van der Waals surface area contributed by atoms with E-state index >= 15 is 0 Å². The second kappa shape index (κ2) is 7.20. The zero-order valence-corrected chi connectivity index (χ0v) is 14.9. The molecule has 5 heteroatoms. The van der Waals surface area contributed by atoms with Gasteiger partial charge >= 0.3 is 0 Å². The highest BCUT2D eigenvalue weighted by molar-refractivity contribution is 6.01. The number of para-hydroxylation sites is 1. The maximum absolute atomic E-state index is 13.1. The van der Waals surface area contributed by atoms with Crippen LogP contribution in [-0.4, -0.2) is 34.1 Å². The molecule has 1 aromatic heterocycles. The Bertz CT molecular complexity index is 866. The van der Waals surface area contributed by atoms with Crippen LogP contribution < -0.4 is 4.74 Å². The average Bonchev–Trinajstić information content (AvgIpc) is 3.06. The molecule has 1 atom stereocenters. The van der Waals surface area contributed by atoms with Crippen LogP contribution in [0.3, 0.4) is 0 Å². The third-order valence-electron chi connectivity index (χ3n) is 5.17. The molecule has 0 radical (unpaired) electrons. The summed E-state index contributed by atoms with van der Waals surface area (Å²) in [6, 6.07) is 7.75. The van der Waals surface area contributed by atoms with Gasteiger partial charge in [0.2, 0.25) is 0 Å². The van der Waals surface area contributed by atoms with Crippen LogP contribution in [0, 0.1) is 0 Å². The number of carbonyl (C=O) groups is 1. The van der Waals surface area contributed by atoms with Gasteiger partial charge in [-0.2, -0.15) is 5.10 Å². The Morgan fingerprint density at radius 1 is 1.38 bits per heavy atom. The number of amides is 1. The van der Waals surface area contributed by atoms with Crippen molar-refractivity contribution in [3.8, 4) is 5.75 Å². The average molecular weight is 349 g/mol. The highest BCUT2D eigenvalue weighted by atomic mass is 16.5. The van der Waals surface area contributed by atoms with Gasteiger partial charge in [0.1, 0.15) is 5.75 Å². The molecule has 4 rings (SSSR count). The van der Waals surface area contributed by atoms with Gasteiger partial charge in [0.25, 0.3) is 5.91 Å². The third-order valence-corrected chi connectivity index (χ3v) is 5.17. The monoisotopic (exact) mass is 349 g/mol. The molecule has 0 spiro atoms. The zero-order chi connectivity index (χ0) is 17.9. The van der Waals surface area contributed by atoms with Gasteiger partial charge < -0.3 is 9.64 Å². The van der Waals surface area contributed by atoms with E-state index in [1.165, 1.54) is 11.3 Å². The summed E-state index contributed by atoms with van der Waals surface area (Å²) >= 11 is 0. The van der Waals surface area contributed by atoms with E-state index in [0.717, 1.165) is 43.7 Å². The lowest BCUT2D eigenvalue weighted by atomic mass is 9.91. The van der Waals surface area contributed by atoms with Crippen LogP contribution in [0.25, 0.3) is 6.08 Å². The molecule has 2 aliphatic heterocycles. The summed E-state index contributed by atoms with van der Waals surface area (Å²) in [6.07, 6.45) is 10.2. The number of ether oxygens (including phenoxy) is 1. The fourth-order valence-corrected chi connectivity index (χ4v) is 3.77. The lowest BCUT2D eigenvalue weighted by Crippen LogP contribution is -2.39. The minimum absolute atomic E-state index is 0.0591. The molecule has 2 aromatic rings. The third kappa shape index (κ3) is 3.17. The smallest absolute Gasteiger partial charge is 0.254 e. The van der Waals surface area contributed by atoms with Crippen molar-refractivity contribution in [3.63, 3.8) is 0 Å². The van der Waals surface area contributed by atoms with E-state index in [4.69, 9.17) is 4.74 Å². The minimum Gasteiger partial charge on any atom is -0.464 e. The maximum Gasteiger partial charge on any atom is 0.254 e. The Hall–Kier alpha value is -2.82. The molecule has 1 aromatic carbocycles. The van der Waals surface area contributed by atoms with Gasteiger partial charge in [-0.15, -0.1) is 0 Å². The number of carbonyl (C=O) groups excluding carboxylic acids is 1. The predicted octanol–water partition coefficient (Wildman–Crippen LogP) is 3.67. The molecule has 0 bridgehead atoms. The molecule has 26 heavy (non-hydrogen) atoms. The number of hydrogen-bond donors (Lipinski definition) is 1. The topological polar surface area (TPSA) is 58.2 Å². The summed E-state index contributed by atoms with van der Waals surface area (Å²) in [5, 5.41) is 7.35. The van der Waals surface area contributed by atoms with Crippen molar-refractivity contribution in [1.82, 2.24) is 15.1 Å². The van der Waals surface area contributed by atoms with Gasteiger partial charge in [0, 0.05) is 35.8 Å². The second-order valence-electron chi connectivity index (χ2n) is 6.81. The van der Waals surface area contributed by atoms with E-state index in [2.05, 4.69) is 17.1 Å². The molecule has 134 valence electrons. The van der Waals surface area contributed by atoms with E-state index in [-0.39, 0.29) is 5.91 Å². The van der Waals surface area contributed by atoms with Crippen LogP contribution in [0.4, 0.5) is 0 Å². The lowest BCUT2D eigenvalue weighted by molar-refractivity contribution is -0.127. The van der Waals surface area contributed by atoms with E-state index in [9.17, 15) is 4.79 Å². The lowest BCUT2D eigenvalue weighted by Gasteiger charge is -2.33. The molecule has 1 N–H and O–H groups in total. The van der Waals surface area contributed by atoms with Crippen molar-refractivity contribution in [1.29, 1.82) is 0 Å². The van der Waals surface area contributed by atoms with Crippen LogP contribution >= 0.6 is 0 Å². The molecular weight excluding hydrogens is 326 g/mol. The van der Waals surface area contributed by atoms with Gasteiger partial charge in [-0.25, -0.2) is 0 Å². The summed E-state index contributed by atoms with van der Waals surface area (Å²) in [4.78, 5) is 15.1. The number of nitrogens with zero attached hydrogens (tertiary/aromatic N) is 2. The second-order valence-corrected chi connectivity index (χ2v) is 6.81. The quantitative estimate of drug-likeness (QED) is 0.920. The van der Waals surface area contributed by atoms with E-state index in [1.54, 1.807) is 12.3 Å². The van der Waals surface area contributed by atoms with Crippen molar-refractivity contribution in [2.45, 2.75) is 32.1 Å². The zero-order valence-electron chi connectivity index (χ0n) is 14.9. The van der Waals surface area contributed by atoms with E-state index in [0.29, 0.717) is 11.5 Å². The maximum atomic E-state index is 13.1. The van der Waals surface area contributed by atoms with E-state index < -0.39 is 0 Å². The number of aromatic nitrogens is 2. The van der Waals surface area contributed by atoms with Crippen molar-refractivity contribution in [2.24, 2.45) is 0 Å². The van der Waals surface area contributed by atoms with Crippen LogP contribution in [0.15, 0.2) is 48.4 Å². The normalized spacial score (nSPS) is 19.3. The van der Waals surface area contributed by atoms with Crippen LogP contribution in [0.5, 0.6) is 5.75 Å². The van der Waals surface area contributed by atoms with Gasteiger partial charge in [0.15, 0.2) is 0 Å². The Balaban J connectivity index is 1.55. The fraction of sp³-hybridized carbons (Fsp3) is 0.333. The molecule has 2 aliphatic rings. The largest absolute Gasteiger partial charge is 0.464 e. The summed E-state index contributed by atoms with van der Waals surface area (Å²) in [5.74, 6) is 1.15. The molecule has 1 fully saturated rings. The molecular formula is C21H23N3O2. The summed E-state index contributed by atoms with van der Waals surface area (Å²) < 4.78 is 5.61. The number of hydrogen-bond acceptors (Lipinski definition) is 3. The van der Waals surface area contributed by atoms with Gasteiger partial charge in [-0.05, 0) is 43.0 Å². The molecule has 5 nitrogen and oxygen atoms in total. The Morgan fingerprint density at radius 2 is 2.27 bits per heavy atom. The first-order valence-corrected chi connectivity index (χ1v) is 9.21. The molecule has 3 heterocycles. The van der Waals surface area contributed by atoms with Gasteiger partial charge in [-0.1, -0.05) is 25.1 Å². The molecule has 1 unspecified atom stereocenters. The Labute approximate surface area is 153 Å². The highest BCUT2D eigenvalue weighted by Gasteiger charge is 2.28. The highest BCUT2D eigenvalue weighted by Crippen LogP contribution is 2.30. The van der Waals surface area contributed by atoms with Crippen LogP contribution in [0.2, 0.25) is 0 Å². The first kappa shape index (κ1) is 16.6. The van der Waals surface area contributed by atoms with Crippen molar-refractivity contribution in [3.05, 3.63) is 65.2 Å². The van der Waals surface area contributed by atoms with Crippen molar-refractivity contribution >= 4 is 12.0 Å². The van der Waals surface area contributed by atoms with E-state index in [1.807, 2.05) is 41.4 Å². The number of piperidine rings is 1. The molecule has 0 aliphatic carbocycles. The number of aryl methyl sites for hydroxylation is 1. The Kier molecular flexibility index (Phi) is 4.61. The number of benzene rings is 1. The first-order chi connectivity index (χ1) is 12.8. The van der Waals surface area contributed by atoms with Crippen molar-refractivity contribution in [2.75, 3.05) is 13.1 Å². The number of fused-ring (bicyclic) bond motifs is 1. The summed E-state index contributed by atoms with van der Waals surface area (Å²) in [5.41, 5.74) is 4.02. The molecule has 1 amide bonds. The number of likely N-dealkylation sites (tertiary alicyclic amines) is 1. The molecule has 0 saturated carbocycles. The molecule has 1 saturated heterocycles. The fourth-order valence-electron chi connectivity index (χ4n) is 3.77. The number of rotatable bonds is 3. The van der Waals surface area contributed by atoms with Crippen LogP contribution in [0.1, 0.15) is 42.5 Å². The SMILES string of the molecule is CCc1cn[nH]c1C1CCCN(C(=O)C2=Cc3ccccc3OC=C2)C1. The standard InChI is InChI=1S/C21H23N3O2/c1-2-15-13-22-23-20(15)18-7-5-10-24(14-18)21(25)17-9-11-26-19-8-4-3-6-16(19)12-17/h3-4,6,8-9,11-13,18H,2,5,7,10,14H2,1H3,(H,22,23). The Morgan fingerprint density at radius 3 is 3.15 bits per heavy atom. The van der Waals surface area contributed by atoms with Gasteiger partial charge in [-0.3, -0.25) is 9.89 Å². The minimum atomic E-state index is 0.0591. The number of nitrogens with one attached hydrogen (secondary N) is 1. The number of H-pyrrole nitrogens is 1. The number of aromatic amines is 1. The van der Waals surface area contributed by atoms with Crippen molar-refractivity contribution < 1.29 is 9.53 Å². The van der Waals surface area contributed by atoms with Gasteiger partial charge in [0.05, 0.1) is 12.5 Å². The predicted molar refractivity (Wildman–Crippen MR) is 101 cm³/mol. The summed E-state index contributed by atoms with van der Waals surface area (Å²) in [6.45, 7) is 3.65. The first-order valence-electron chi connectivity index (χ1n) is 9.21.